The number of pyridine rings is 2. The molecule has 2 N–H and O–H groups in total. The number of hydrogen-bond donors (Lipinski definition) is 2. The van der Waals surface area contributed by atoms with Crippen LogP contribution >= 0.6 is 0 Å². The number of aromatic nitrogens is 2. The van der Waals surface area contributed by atoms with Gasteiger partial charge in [0.25, 0.3) is 11.5 Å². The first-order valence-electron chi connectivity index (χ1n) is 8.97. The molecule has 6 nitrogen and oxygen atoms in total. The van der Waals surface area contributed by atoms with Crippen LogP contribution in [0, 0.1) is 11.6 Å². The standard InChI is InChI=1S/C22H15F2N3O3/c23-14-8-6-13(7-9-14)12-26-21(29)18-19(28)17-5-2-10-25-20(17)27(22(18)30)16-4-1-3-15(24)11-16/h1-11,28H,12H2,(H,26,29). The molecule has 0 aliphatic rings. The van der Waals surface area contributed by atoms with Crippen molar-refractivity contribution in [1.82, 2.24) is 14.9 Å². The molecule has 1 amide bonds. The van der Waals surface area contributed by atoms with Crippen LogP contribution in [0.5, 0.6) is 5.75 Å². The van der Waals surface area contributed by atoms with Crippen LogP contribution in [-0.2, 0) is 6.54 Å². The number of hydrogen-bond acceptors (Lipinski definition) is 4. The number of aromatic hydroxyl groups is 1. The number of carbonyl (C=O) groups is 1. The summed E-state index contributed by atoms with van der Waals surface area (Å²) < 4.78 is 27.9. The molecule has 0 unspecified atom stereocenters. The quantitative estimate of drug-likeness (QED) is 0.544. The summed E-state index contributed by atoms with van der Waals surface area (Å²) in [4.78, 5) is 30.0. The Morgan fingerprint density at radius 1 is 1.03 bits per heavy atom. The molecule has 30 heavy (non-hydrogen) atoms. The Kier molecular flexibility index (Phi) is 4.97. The van der Waals surface area contributed by atoms with Gasteiger partial charge in [0.05, 0.1) is 11.1 Å². The number of carbonyl (C=O) groups excluding carboxylic acids is 1. The van der Waals surface area contributed by atoms with Crippen LogP contribution in [0.1, 0.15) is 15.9 Å². The predicted molar refractivity (Wildman–Crippen MR) is 107 cm³/mol. The van der Waals surface area contributed by atoms with Crippen LogP contribution in [0.15, 0.2) is 71.7 Å². The van der Waals surface area contributed by atoms with Crippen molar-refractivity contribution in [1.29, 1.82) is 0 Å². The van der Waals surface area contributed by atoms with Gasteiger partial charge in [-0.2, -0.15) is 0 Å². The highest BCUT2D eigenvalue weighted by Gasteiger charge is 2.23. The zero-order chi connectivity index (χ0) is 21.3. The van der Waals surface area contributed by atoms with Gasteiger partial charge in [-0.05, 0) is 48.0 Å². The SMILES string of the molecule is O=C(NCc1ccc(F)cc1)c1c(O)c2cccnc2n(-c2cccc(F)c2)c1=O. The summed E-state index contributed by atoms with van der Waals surface area (Å²) >= 11 is 0. The van der Waals surface area contributed by atoms with Gasteiger partial charge < -0.3 is 10.4 Å². The van der Waals surface area contributed by atoms with E-state index >= 15 is 0 Å². The lowest BCUT2D eigenvalue weighted by Gasteiger charge is -2.14. The van der Waals surface area contributed by atoms with Crippen LogP contribution in [0.4, 0.5) is 8.78 Å². The molecule has 0 aliphatic heterocycles. The van der Waals surface area contributed by atoms with E-state index in [1.807, 2.05) is 0 Å². The number of halogens is 2. The van der Waals surface area contributed by atoms with Gasteiger partial charge in [0.15, 0.2) is 5.65 Å². The van der Waals surface area contributed by atoms with Crippen molar-refractivity contribution in [3.63, 3.8) is 0 Å². The number of nitrogens with one attached hydrogen (secondary N) is 1. The number of amides is 1. The van der Waals surface area contributed by atoms with Crippen molar-refractivity contribution in [2.45, 2.75) is 6.54 Å². The molecular formula is C22H15F2N3O3. The maximum Gasteiger partial charge on any atom is 0.273 e. The van der Waals surface area contributed by atoms with E-state index in [9.17, 15) is 23.5 Å². The van der Waals surface area contributed by atoms with Crippen molar-refractivity contribution < 1.29 is 18.7 Å². The van der Waals surface area contributed by atoms with Crippen molar-refractivity contribution >= 4 is 16.9 Å². The molecule has 0 fully saturated rings. The summed E-state index contributed by atoms with van der Waals surface area (Å²) in [5.74, 6) is -2.33. The van der Waals surface area contributed by atoms with E-state index in [0.29, 0.717) is 5.56 Å². The first kappa shape index (κ1) is 19.3. The third-order valence-corrected chi connectivity index (χ3v) is 4.57. The lowest BCUT2D eigenvalue weighted by Crippen LogP contribution is -2.33. The fourth-order valence-corrected chi connectivity index (χ4v) is 3.14. The van der Waals surface area contributed by atoms with Crippen LogP contribution in [0.25, 0.3) is 16.7 Å². The summed E-state index contributed by atoms with van der Waals surface area (Å²) in [7, 11) is 0. The van der Waals surface area contributed by atoms with E-state index in [1.165, 1.54) is 54.7 Å². The molecule has 0 saturated carbocycles. The van der Waals surface area contributed by atoms with Crippen molar-refractivity contribution in [2.75, 3.05) is 0 Å². The van der Waals surface area contributed by atoms with Crippen molar-refractivity contribution in [3.05, 3.63) is 100.0 Å². The van der Waals surface area contributed by atoms with Crippen molar-refractivity contribution in [3.8, 4) is 11.4 Å². The third kappa shape index (κ3) is 3.50. The summed E-state index contributed by atoms with van der Waals surface area (Å²) in [5.41, 5.74) is -0.489. The molecule has 8 heteroatoms. The Morgan fingerprint density at radius 3 is 2.53 bits per heavy atom. The molecule has 0 spiro atoms. The largest absolute Gasteiger partial charge is 0.506 e. The highest BCUT2D eigenvalue weighted by Crippen LogP contribution is 2.26. The first-order chi connectivity index (χ1) is 14.5. The summed E-state index contributed by atoms with van der Waals surface area (Å²) in [5, 5.41) is 13.3. The monoisotopic (exact) mass is 407 g/mol. The van der Waals surface area contributed by atoms with Gasteiger partial charge in [0.1, 0.15) is 22.9 Å². The van der Waals surface area contributed by atoms with Gasteiger partial charge in [0.2, 0.25) is 0 Å². The second-order valence-electron chi connectivity index (χ2n) is 6.53. The minimum absolute atomic E-state index is 0.0169. The molecule has 0 atom stereocenters. The lowest BCUT2D eigenvalue weighted by atomic mass is 10.1. The molecule has 4 rings (SSSR count). The zero-order valence-electron chi connectivity index (χ0n) is 15.5. The van der Waals surface area contributed by atoms with E-state index in [1.54, 1.807) is 6.07 Å². The molecule has 2 heterocycles. The summed E-state index contributed by atoms with van der Waals surface area (Å²) in [6.45, 7) is 0.0169. The second-order valence-corrected chi connectivity index (χ2v) is 6.53. The molecule has 2 aromatic carbocycles. The Labute approximate surface area is 169 Å². The second kappa shape index (κ2) is 7.75. The van der Waals surface area contributed by atoms with Gasteiger partial charge in [0, 0.05) is 12.7 Å². The van der Waals surface area contributed by atoms with Crippen LogP contribution < -0.4 is 10.9 Å². The number of fused-ring (bicyclic) bond motifs is 1. The van der Waals surface area contributed by atoms with Crippen LogP contribution in [0.3, 0.4) is 0 Å². The van der Waals surface area contributed by atoms with Crippen molar-refractivity contribution in [2.24, 2.45) is 0 Å². The Bertz CT molecular complexity index is 1320. The average Bonchev–Trinajstić information content (AvgIpc) is 2.73. The summed E-state index contributed by atoms with van der Waals surface area (Å²) in [6, 6.07) is 13.8. The highest BCUT2D eigenvalue weighted by molar-refractivity contribution is 6.02. The Morgan fingerprint density at radius 2 is 1.80 bits per heavy atom. The van der Waals surface area contributed by atoms with E-state index < -0.39 is 34.4 Å². The Hall–Kier alpha value is -4.07. The van der Waals surface area contributed by atoms with E-state index in [2.05, 4.69) is 10.3 Å². The molecule has 2 aromatic heterocycles. The normalized spacial score (nSPS) is 10.9. The average molecular weight is 407 g/mol. The fourth-order valence-electron chi connectivity index (χ4n) is 3.14. The number of rotatable bonds is 4. The predicted octanol–water partition coefficient (Wildman–Crippen LogP) is 3.30. The van der Waals surface area contributed by atoms with Crippen LogP contribution in [0.2, 0.25) is 0 Å². The molecule has 4 aromatic rings. The Balaban J connectivity index is 1.82. The molecule has 0 saturated heterocycles. The molecule has 0 radical (unpaired) electrons. The first-order valence-corrected chi connectivity index (χ1v) is 8.97. The minimum Gasteiger partial charge on any atom is -0.506 e. The van der Waals surface area contributed by atoms with E-state index in [0.717, 1.165) is 10.6 Å². The molecular weight excluding hydrogens is 392 g/mol. The third-order valence-electron chi connectivity index (χ3n) is 4.57. The zero-order valence-corrected chi connectivity index (χ0v) is 15.5. The maximum atomic E-state index is 13.8. The molecule has 0 bridgehead atoms. The van der Waals surface area contributed by atoms with Gasteiger partial charge in [-0.15, -0.1) is 0 Å². The topological polar surface area (TPSA) is 84.2 Å². The van der Waals surface area contributed by atoms with Gasteiger partial charge in [-0.1, -0.05) is 18.2 Å². The highest BCUT2D eigenvalue weighted by atomic mass is 19.1. The number of nitrogens with zero attached hydrogens (tertiary/aromatic N) is 2. The van der Waals surface area contributed by atoms with Crippen LogP contribution in [-0.4, -0.2) is 20.6 Å². The maximum absolute atomic E-state index is 13.8. The lowest BCUT2D eigenvalue weighted by molar-refractivity contribution is 0.0946. The minimum atomic E-state index is -0.846. The van der Waals surface area contributed by atoms with E-state index in [-0.39, 0.29) is 23.3 Å². The van der Waals surface area contributed by atoms with Gasteiger partial charge in [-0.25, -0.2) is 13.8 Å². The fraction of sp³-hybridized carbons (Fsp3) is 0.0455. The molecule has 0 aliphatic carbocycles. The van der Waals surface area contributed by atoms with E-state index in [4.69, 9.17) is 0 Å². The smallest absolute Gasteiger partial charge is 0.273 e. The summed E-state index contributed by atoms with van der Waals surface area (Å²) in [6.07, 6.45) is 1.42. The van der Waals surface area contributed by atoms with Gasteiger partial charge >= 0.3 is 0 Å². The number of benzene rings is 2. The molecule has 150 valence electrons. The van der Waals surface area contributed by atoms with Gasteiger partial charge in [-0.3, -0.25) is 14.2 Å².